The van der Waals surface area contributed by atoms with Crippen LogP contribution < -0.4 is 15.4 Å². The average Bonchev–Trinajstić information content (AvgIpc) is 2.76. The molecule has 2 heterocycles. The van der Waals surface area contributed by atoms with Crippen molar-refractivity contribution in [2.75, 3.05) is 17.7 Å². The zero-order chi connectivity index (χ0) is 14.1. The molecule has 0 radical (unpaired) electrons. The Kier molecular flexibility index (Phi) is 2.98. The predicted molar refractivity (Wildman–Crippen MR) is 72.2 cm³/mol. The maximum absolute atomic E-state index is 13.3. The van der Waals surface area contributed by atoms with E-state index in [-0.39, 0.29) is 11.7 Å². The maximum Gasteiger partial charge on any atom is 0.251 e. The molecule has 0 saturated carbocycles. The number of amides is 1. The van der Waals surface area contributed by atoms with Gasteiger partial charge in [-0.2, -0.15) is 0 Å². The molecule has 0 saturated heterocycles. The van der Waals surface area contributed by atoms with Crippen LogP contribution in [0, 0.1) is 5.82 Å². The Morgan fingerprint density at radius 2 is 2.20 bits per heavy atom. The molecule has 2 N–H and O–H groups in total. The zero-order valence-electron chi connectivity index (χ0n) is 10.7. The summed E-state index contributed by atoms with van der Waals surface area (Å²) >= 11 is 0. The molecular weight excluding hydrogens is 261 g/mol. The minimum atomic E-state index is -0.629. The lowest BCUT2D eigenvalue weighted by molar-refractivity contribution is -0.116. The first-order valence-corrected chi connectivity index (χ1v) is 6.04. The molecule has 20 heavy (non-hydrogen) atoms. The van der Waals surface area contributed by atoms with Crippen LogP contribution in [0.25, 0.3) is 0 Å². The van der Waals surface area contributed by atoms with Crippen LogP contribution in [-0.4, -0.2) is 18.0 Å². The SMILES string of the molecule is COc1ccc(NC2C(=O)Nc3ccc(F)cc32)cn1. The molecule has 1 aromatic heterocycles. The van der Waals surface area contributed by atoms with Gasteiger partial charge in [0.15, 0.2) is 0 Å². The smallest absolute Gasteiger partial charge is 0.251 e. The van der Waals surface area contributed by atoms with Gasteiger partial charge in [-0.3, -0.25) is 4.79 Å². The number of methoxy groups -OCH3 is 1. The number of hydrogen-bond acceptors (Lipinski definition) is 4. The van der Waals surface area contributed by atoms with E-state index in [1.54, 1.807) is 24.4 Å². The van der Waals surface area contributed by atoms with Gasteiger partial charge in [-0.15, -0.1) is 0 Å². The molecular formula is C14H12FN3O2. The third kappa shape index (κ3) is 2.16. The summed E-state index contributed by atoms with van der Waals surface area (Å²) in [5, 5.41) is 5.73. The number of anilines is 2. The number of nitrogens with one attached hydrogen (secondary N) is 2. The summed E-state index contributed by atoms with van der Waals surface area (Å²) in [7, 11) is 1.53. The first kappa shape index (κ1) is 12.4. The zero-order valence-corrected chi connectivity index (χ0v) is 10.7. The minimum absolute atomic E-state index is 0.221. The molecule has 2 aromatic rings. The third-order valence-corrected chi connectivity index (χ3v) is 3.10. The largest absolute Gasteiger partial charge is 0.481 e. The molecule has 1 aromatic carbocycles. The monoisotopic (exact) mass is 273 g/mol. The van der Waals surface area contributed by atoms with E-state index in [9.17, 15) is 9.18 Å². The van der Waals surface area contributed by atoms with Crippen LogP contribution in [0.4, 0.5) is 15.8 Å². The second-order valence-corrected chi connectivity index (χ2v) is 4.39. The Balaban J connectivity index is 1.87. The summed E-state index contributed by atoms with van der Waals surface area (Å²) in [6.45, 7) is 0. The maximum atomic E-state index is 13.3. The first-order chi connectivity index (χ1) is 9.67. The number of ether oxygens (including phenoxy) is 1. The summed E-state index contributed by atoms with van der Waals surface area (Å²) in [5.41, 5.74) is 1.87. The van der Waals surface area contributed by atoms with Crippen molar-refractivity contribution < 1.29 is 13.9 Å². The van der Waals surface area contributed by atoms with Crippen molar-refractivity contribution in [2.24, 2.45) is 0 Å². The van der Waals surface area contributed by atoms with Crippen molar-refractivity contribution in [1.82, 2.24) is 4.98 Å². The molecule has 0 bridgehead atoms. The highest BCUT2D eigenvalue weighted by Crippen LogP contribution is 2.33. The van der Waals surface area contributed by atoms with Gasteiger partial charge < -0.3 is 15.4 Å². The second-order valence-electron chi connectivity index (χ2n) is 4.39. The molecule has 6 heteroatoms. The Hall–Kier alpha value is -2.63. The second kappa shape index (κ2) is 4.80. The van der Waals surface area contributed by atoms with E-state index in [4.69, 9.17) is 4.74 Å². The van der Waals surface area contributed by atoms with Crippen molar-refractivity contribution in [3.05, 3.63) is 47.9 Å². The van der Waals surface area contributed by atoms with Gasteiger partial charge >= 0.3 is 0 Å². The van der Waals surface area contributed by atoms with E-state index in [1.807, 2.05) is 0 Å². The van der Waals surface area contributed by atoms with Crippen molar-refractivity contribution in [3.63, 3.8) is 0 Å². The average molecular weight is 273 g/mol. The van der Waals surface area contributed by atoms with Gasteiger partial charge in [0.1, 0.15) is 11.9 Å². The summed E-state index contributed by atoms with van der Waals surface area (Å²) in [6, 6.07) is 7.02. The Morgan fingerprint density at radius 1 is 1.35 bits per heavy atom. The fourth-order valence-corrected chi connectivity index (χ4v) is 2.13. The quantitative estimate of drug-likeness (QED) is 0.901. The van der Waals surface area contributed by atoms with Gasteiger partial charge in [0.25, 0.3) is 5.91 Å². The van der Waals surface area contributed by atoms with Gasteiger partial charge in [0.2, 0.25) is 5.88 Å². The van der Waals surface area contributed by atoms with Gasteiger partial charge in [-0.25, -0.2) is 9.37 Å². The van der Waals surface area contributed by atoms with Crippen molar-refractivity contribution in [3.8, 4) is 5.88 Å². The summed E-state index contributed by atoms with van der Waals surface area (Å²) in [6.07, 6.45) is 1.56. The highest BCUT2D eigenvalue weighted by atomic mass is 19.1. The van der Waals surface area contributed by atoms with E-state index in [0.29, 0.717) is 22.8 Å². The van der Waals surface area contributed by atoms with Crippen LogP contribution in [0.5, 0.6) is 5.88 Å². The van der Waals surface area contributed by atoms with Crippen LogP contribution in [0.3, 0.4) is 0 Å². The number of halogens is 1. The van der Waals surface area contributed by atoms with Crippen LogP contribution >= 0.6 is 0 Å². The molecule has 3 rings (SSSR count). The number of nitrogens with zero attached hydrogens (tertiary/aromatic N) is 1. The molecule has 102 valence electrons. The lowest BCUT2D eigenvalue weighted by Crippen LogP contribution is -2.19. The predicted octanol–water partition coefficient (Wildman–Crippen LogP) is 2.33. The standard InChI is InChI=1S/C14H12FN3O2/c1-20-12-5-3-9(7-16-12)17-13-10-6-8(15)2-4-11(10)18-14(13)19/h2-7,13,17H,1H3,(H,18,19). The molecule has 0 fully saturated rings. The van der Waals surface area contributed by atoms with E-state index < -0.39 is 6.04 Å². The molecule has 1 unspecified atom stereocenters. The van der Waals surface area contributed by atoms with Crippen LogP contribution in [0.1, 0.15) is 11.6 Å². The fourth-order valence-electron chi connectivity index (χ4n) is 2.13. The molecule has 1 aliphatic heterocycles. The van der Waals surface area contributed by atoms with E-state index in [0.717, 1.165) is 0 Å². The van der Waals surface area contributed by atoms with Crippen LogP contribution in [-0.2, 0) is 4.79 Å². The number of rotatable bonds is 3. The number of aromatic nitrogens is 1. The number of benzene rings is 1. The lowest BCUT2D eigenvalue weighted by atomic mass is 10.1. The Labute approximate surface area is 114 Å². The van der Waals surface area contributed by atoms with Crippen molar-refractivity contribution in [2.45, 2.75) is 6.04 Å². The number of fused-ring (bicyclic) bond motifs is 1. The summed E-state index contributed by atoms with van der Waals surface area (Å²) in [5.74, 6) is -0.112. The topological polar surface area (TPSA) is 63.2 Å². The van der Waals surface area contributed by atoms with Gasteiger partial charge in [0.05, 0.1) is 19.0 Å². The number of pyridine rings is 1. The third-order valence-electron chi connectivity index (χ3n) is 3.10. The molecule has 1 atom stereocenters. The van der Waals surface area contributed by atoms with Gasteiger partial charge in [-0.05, 0) is 24.3 Å². The highest BCUT2D eigenvalue weighted by Gasteiger charge is 2.30. The first-order valence-electron chi connectivity index (χ1n) is 6.04. The molecule has 0 spiro atoms. The Morgan fingerprint density at radius 3 is 2.90 bits per heavy atom. The lowest BCUT2D eigenvalue weighted by Gasteiger charge is -2.13. The van der Waals surface area contributed by atoms with E-state index in [2.05, 4.69) is 15.6 Å². The summed E-state index contributed by atoms with van der Waals surface area (Å²) in [4.78, 5) is 16.0. The van der Waals surface area contributed by atoms with E-state index in [1.165, 1.54) is 19.2 Å². The van der Waals surface area contributed by atoms with Gasteiger partial charge in [0, 0.05) is 17.3 Å². The van der Waals surface area contributed by atoms with E-state index >= 15 is 0 Å². The van der Waals surface area contributed by atoms with Crippen molar-refractivity contribution in [1.29, 1.82) is 0 Å². The van der Waals surface area contributed by atoms with Crippen LogP contribution in [0.2, 0.25) is 0 Å². The Bertz CT molecular complexity index is 658. The van der Waals surface area contributed by atoms with Crippen molar-refractivity contribution >= 4 is 17.3 Å². The number of carbonyl (C=O) groups excluding carboxylic acids is 1. The minimum Gasteiger partial charge on any atom is -0.481 e. The summed E-state index contributed by atoms with van der Waals surface area (Å²) < 4.78 is 18.3. The highest BCUT2D eigenvalue weighted by molar-refractivity contribution is 6.04. The fraction of sp³-hybridized carbons (Fsp3) is 0.143. The number of carbonyl (C=O) groups is 1. The molecule has 1 amide bonds. The molecule has 1 aliphatic rings. The number of hydrogen-bond donors (Lipinski definition) is 2. The molecule has 5 nitrogen and oxygen atoms in total. The van der Waals surface area contributed by atoms with Gasteiger partial charge in [-0.1, -0.05) is 0 Å². The molecule has 0 aliphatic carbocycles. The normalized spacial score (nSPS) is 16.5. The van der Waals surface area contributed by atoms with Crippen LogP contribution in [0.15, 0.2) is 36.5 Å².